The van der Waals surface area contributed by atoms with Crippen molar-refractivity contribution in [2.45, 2.75) is 59.0 Å². The molecule has 3 N–H and O–H groups in total. The first-order chi connectivity index (χ1) is 8.03. The summed E-state index contributed by atoms with van der Waals surface area (Å²) in [5.74, 6) is 0.530. The zero-order valence-corrected chi connectivity index (χ0v) is 11.6. The predicted molar refractivity (Wildman–Crippen MR) is 70.8 cm³/mol. The minimum Gasteiger partial charge on any atom is -0.395 e. The molecule has 0 aromatic rings. The van der Waals surface area contributed by atoms with Crippen LogP contribution in [0.2, 0.25) is 0 Å². The average Bonchev–Trinajstić information content (AvgIpc) is 2.30. The van der Waals surface area contributed by atoms with E-state index in [1.54, 1.807) is 0 Å². The van der Waals surface area contributed by atoms with Gasteiger partial charge in [0.1, 0.15) is 0 Å². The van der Waals surface area contributed by atoms with Crippen LogP contribution >= 0.6 is 0 Å². The Morgan fingerprint density at radius 2 is 1.76 bits per heavy atom. The second kappa shape index (κ2) is 9.42. The van der Waals surface area contributed by atoms with Gasteiger partial charge in [-0.2, -0.15) is 0 Å². The van der Waals surface area contributed by atoms with Crippen LogP contribution in [-0.2, 0) is 4.79 Å². The lowest BCUT2D eigenvalue weighted by molar-refractivity contribution is -0.121. The minimum absolute atomic E-state index is 0.0147. The molecule has 0 rings (SSSR count). The van der Waals surface area contributed by atoms with Gasteiger partial charge in [0.15, 0.2) is 0 Å². The van der Waals surface area contributed by atoms with E-state index in [9.17, 15) is 4.79 Å². The first-order valence-corrected chi connectivity index (χ1v) is 6.66. The summed E-state index contributed by atoms with van der Waals surface area (Å²) in [6, 6.07) is 0.282. The maximum atomic E-state index is 11.6. The van der Waals surface area contributed by atoms with Gasteiger partial charge in [0.05, 0.1) is 13.2 Å². The quantitative estimate of drug-likeness (QED) is 0.573. The molecule has 4 nitrogen and oxygen atoms in total. The number of aliphatic hydroxyl groups is 1. The van der Waals surface area contributed by atoms with E-state index in [0.717, 1.165) is 19.3 Å². The van der Waals surface area contributed by atoms with Crippen molar-refractivity contribution in [2.75, 3.05) is 13.2 Å². The van der Waals surface area contributed by atoms with Crippen LogP contribution in [0.15, 0.2) is 0 Å². The molecule has 1 amide bonds. The molecule has 0 fully saturated rings. The summed E-state index contributed by atoms with van der Waals surface area (Å²) in [6.07, 6.45) is 2.80. The van der Waals surface area contributed by atoms with E-state index in [-0.39, 0.29) is 31.1 Å². The predicted octanol–water partition coefficient (Wildman–Crippen LogP) is 1.29. The number of hydrogen-bond acceptors (Lipinski definition) is 3. The molecular formula is C13H28N2O2. The average molecular weight is 244 g/mol. The molecule has 17 heavy (non-hydrogen) atoms. The molecule has 0 spiro atoms. The van der Waals surface area contributed by atoms with Gasteiger partial charge in [-0.3, -0.25) is 4.79 Å². The highest BCUT2D eigenvalue weighted by Crippen LogP contribution is 2.03. The van der Waals surface area contributed by atoms with Gasteiger partial charge in [0.25, 0.3) is 0 Å². The molecule has 0 aliphatic carbocycles. The standard InChI is InChI=1S/C13H28N2O2/c1-5-11(6-2)15-13(17)8-14-12(9-16)7-10(3)4/h10-12,14,16H,5-9H2,1-4H3,(H,15,17). The molecular weight excluding hydrogens is 216 g/mol. The smallest absolute Gasteiger partial charge is 0.234 e. The zero-order chi connectivity index (χ0) is 13.3. The maximum absolute atomic E-state index is 11.6. The molecule has 1 atom stereocenters. The normalized spacial score (nSPS) is 13.1. The lowest BCUT2D eigenvalue weighted by Gasteiger charge is -2.19. The highest BCUT2D eigenvalue weighted by Gasteiger charge is 2.12. The van der Waals surface area contributed by atoms with E-state index in [4.69, 9.17) is 5.11 Å². The number of carbonyl (C=O) groups is 1. The van der Waals surface area contributed by atoms with Crippen molar-refractivity contribution >= 4 is 5.91 Å². The van der Waals surface area contributed by atoms with Crippen LogP contribution in [0.4, 0.5) is 0 Å². The Kier molecular flexibility index (Phi) is 9.09. The van der Waals surface area contributed by atoms with Crippen LogP contribution in [0.25, 0.3) is 0 Å². The zero-order valence-electron chi connectivity index (χ0n) is 11.6. The van der Waals surface area contributed by atoms with Gasteiger partial charge in [-0.15, -0.1) is 0 Å². The van der Waals surface area contributed by atoms with Crippen molar-refractivity contribution in [1.29, 1.82) is 0 Å². The summed E-state index contributed by atoms with van der Waals surface area (Å²) in [5.41, 5.74) is 0. The molecule has 0 saturated heterocycles. The minimum atomic E-state index is 0.0147. The first kappa shape index (κ1) is 16.4. The third kappa shape index (κ3) is 8.16. The van der Waals surface area contributed by atoms with Crippen molar-refractivity contribution in [3.8, 4) is 0 Å². The Morgan fingerprint density at radius 3 is 2.18 bits per heavy atom. The molecule has 0 bridgehead atoms. The second-order valence-corrected chi connectivity index (χ2v) is 4.97. The third-order valence-corrected chi connectivity index (χ3v) is 2.88. The summed E-state index contributed by atoms with van der Waals surface area (Å²) in [5, 5.41) is 15.2. The van der Waals surface area contributed by atoms with Crippen LogP contribution in [0.3, 0.4) is 0 Å². The van der Waals surface area contributed by atoms with Crippen LogP contribution in [-0.4, -0.2) is 36.2 Å². The fraction of sp³-hybridized carbons (Fsp3) is 0.923. The first-order valence-electron chi connectivity index (χ1n) is 6.66. The van der Waals surface area contributed by atoms with E-state index in [1.807, 2.05) is 0 Å². The van der Waals surface area contributed by atoms with Crippen LogP contribution in [0.1, 0.15) is 47.0 Å². The molecule has 1 unspecified atom stereocenters. The summed E-state index contributed by atoms with van der Waals surface area (Å²) < 4.78 is 0. The largest absolute Gasteiger partial charge is 0.395 e. The summed E-state index contributed by atoms with van der Waals surface area (Å²) in [7, 11) is 0. The van der Waals surface area contributed by atoms with Gasteiger partial charge in [-0.05, 0) is 25.2 Å². The lowest BCUT2D eigenvalue weighted by atomic mass is 10.0. The van der Waals surface area contributed by atoms with Gasteiger partial charge in [0.2, 0.25) is 5.91 Å². The van der Waals surface area contributed by atoms with E-state index in [0.29, 0.717) is 5.92 Å². The van der Waals surface area contributed by atoms with Gasteiger partial charge in [-0.25, -0.2) is 0 Å². The summed E-state index contributed by atoms with van der Waals surface area (Å²) >= 11 is 0. The maximum Gasteiger partial charge on any atom is 0.234 e. The fourth-order valence-electron chi connectivity index (χ4n) is 1.80. The Morgan fingerprint density at radius 1 is 1.18 bits per heavy atom. The molecule has 0 radical (unpaired) electrons. The van der Waals surface area contributed by atoms with Gasteiger partial charge in [-0.1, -0.05) is 27.7 Å². The van der Waals surface area contributed by atoms with E-state index in [1.165, 1.54) is 0 Å². The van der Waals surface area contributed by atoms with Gasteiger partial charge < -0.3 is 15.7 Å². The third-order valence-electron chi connectivity index (χ3n) is 2.88. The Balaban J connectivity index is 3.87. The number of hydrogen-bond donors (Lipinski definition) is 3. The molecule has 0 aromatic carbocycles. The highest BCUT2D eigenvalue weighted by molar-refractivity contribution is 5.78. The van der Waals surface area contributed by atoms with Crippen LogP contribution in [0, 0.1) is 5.92 Å². The molecule has 0 aromatic heterocycles. The summed E-state index contributed by atoms with van der Waals surface area (Å²) in [6.45, 7) is 8.71. The second-order valence-electron chi connectivity index (χ2n) is 4.97. The van der Waals surface area contributed by atoms with E-state index >= 15 is 0 Å². The number of carbonyl (C=O) groups excluding carboxylic acids is 1. The highest BCUT2D eigenvalue weighted by atomic mass is 16.3. The van der Waals surface area contributed by atoms with Crippen LogP contribution < -0.4 is 10.6 Å². The van der Waals surface area contributed by atoms with Crippen LogP contribution in [0.5, 0.6) is 0 Å². The van der Waals surface area contributed by atoms with Crippen molar-refractivity contribution in [2.24, 2.45) is 5.92 Å². The monoisotopic (exact) mass is 244 g/mol. The van der Waals surface area contributed by atoms with Crippen molar-refractivity contribution in [3.63, 3.8) is 0 Å². The van der Waals surface area contributed by atoms with Crippen molar-refractivity contribution in [3.05, 3.63) is 0 Å². The SMILES string of the molecule is CCC(CC)NC(=O)CNC(CO)CC(C)C. The number of rotatable bonds is 9. The van der Waals surface area contributed by atoms with E-state index < -0.39 is 0 Å². The number of aliphatic hydroxyl groups excluding tert-OH is 1. The Bertz CT molecular complexity index is 204. The fourth-order valence-corrected chi connectivity index (χ4v) is 1.80. The summed E-state index contributed by atoms with van der Waals surface area (Å²) in [4.78, 5) is 11.6. The lowest BCUT2D eigenvalue weighted by Crippen LogP contribution is -2.44. The number of amides is 1. The van der Waals surface area contributed by atoms with Gasteiger partial charge in [0, 0.05) is 12.1 Å². The Labute approximate surface area is 105 Å². The number of nitrogens with one attached hydrogen (secondary N) is 2. The van der Waals surface area contributed by atoms with E-state index in [2.05, 4.69) is 38.3 Å². The molecule has 0 aliphatic rings. The van der Waals surface area contributed by atoms with Crippen molar-refractivity contribution in [1.82, 2.24) is 10.6 Å². The molecule has 0 aliphatic heterocycles. The molecule has 0 saturated carbocycles. The van der Waals surface area contributed by atoms with Gasteiger partial charge >= 0.3 is 0 Å². The molecule has 0 heterocycles. The topological polar surface area (TPSA) is 61.4 Å². The molecule has 4 heteroatoms. The molecule has 102 valence electrons. The Hall–Kier alpha value is -0.610. The van der Waals surface area contributed by atoms with Crippen molar-refractivity contribution < 1.29 is 9.90 Å².